The van der Waals surface area contributed by atoms with Crippen LogP contribution in [0.4, 0.5) is 4.39 Å². The lowest BCUT2D eigenvalue weighted by atomic mass is 10.1. The molecule has 1 rings (SSSR count). The first kappa shape index (κ1) is 9.26. The quantitative estimate of drug-likeness (QED) is 0.519. The molecule has 0 bridgehead atoms. The van der Waals surface area contributed by atoms with Crippen molar-refractivity contribution in [1.29, 1.82) is 0 Å². The Labute approximate surface area is 75.0 Å². The Balaban J connectivity index is 3.33. The summed E-state index contributed by atoms with van der Waals surface area (Å²) >= 11 is 1.32. The third kappa shape index (κ3) is 1.50. The van der Waals surface area contributed by atoms with Crippen molar-refractivity contribution in [2.75, 3.05) is 6.26 Å². The second-order valence-corrected chi connectivity index (χ2v) is 3.25. The summed E-state index contributed by atoms with van der Waals surface area (Å²) in [6, 6.07) is 3.25. The largest absolute Gasteiger partial charge is 0.298 e. The molecule has 1 aromatic rings. The number of benzene rings is 1. The normalized spacial score (nSPS) is 9.92. The SMILES string of the molecule is CSc1c(C)ccc(C=O)c1F. The molecule has 0 aromatic heterocycles. The predicted molar refractivity (Wildman–Crippen MR) is 48.3 cm³/mol. The van der Waals surface area contributed by atoms with Gasteiger partial charge in [-0.25, -0.2) is 4.39 Å². The third-order valence-corrected chi connectivity index (χ3v) is 2.56. The summed E-state index contributed by atoms with van der Waals surface area (Å²) in [5.41, 5.74) is 0.996. The van der Waals surface area contributed by atoms with E-state index >= 15 is 0 Å². The number of rotatable bonds is 2. The summed E-state index contributed by atoms with van der Waals surface area (Å²) < 4.78 is 13.3. The van der Waals surface area contributed by atoms with Gasteiger partial charge >= 0.3 is 0 Å². The first-order chi connectivity index (χ1) is 5.70. The third-order valence-electron chi connectivity index (χ3n) is 1.65. The maximum atomic E-state index is 13.3. The zero-order valence-electron chi connectivity index (χ0n) is 6.93. The number of halogens is 1. The van der Waals surface area contributed by atoms with Crippen molar-refractivity contribution >= 4 is 18.0 Å². The highest BCUT2D eigenvalue weighted by molar-refractivity contribution is 7.98. The van der Waals surface area contributed by atoms with Gasteiger partial charge in [-0.1, -0.05) is 6.07 Å². The smallest absolute Gasteiger partial charge is 0.153 e. The molecule has 0 aliphatic rings. The van der Waals surface area contributed by atoms with Crippen LogP contribution in [0.25, 0.3) is 0 Å². The minimum atomic E-state index is -0.405. The number of aryl methyl sites for hydroxylation is 1. The maximum absolute atomic E-state index is 13.3. The number of aldehydes is 1. The molecule has 0 unspecified atom stereocenters. The summed E-state index contributed by atoms with van der Waals surface area (Å²) in [4.78, 5) is 10.9. The van der Waals surface area contributed by atoms with Gasteiger partial charge in [0.05, 0.1) is 5.56 Å². The van der Waals surface area contributed by atoms with E-state index in [1.807, 2.05) is 6.92 Å². The van der Waals surface area contributed by atoms with Crippen LogP contribution < -0.4 is 0 Å². The van der Waals surface area contributed by atoms with Crippen molar-refractivity contribution in [2.45, 2.75) is 11.8 Å². The van der Waals surface area contributed by atoms with Gasteiger partial charge in [0.2, 0.25) is 0 Å². The van der Waals surface area contributed by atoms with Gasteiger partial charge in [0.15, 0.2) is 6.29 Å². The second kappa shape index (κ2) is 3.72. The Bertz CT molecular complexity index is 310. The summed E-state index contributed by atoms with van der Waals surface area (Å²) in [7, 11) is 0. The summed E-state index contributed by atoms with van der Waals surface area (Å²) in [6.45, 7) is 1.82. The van der Waals surface area contributed by atoms with Crippen LogP contribution in [0.1, 0.15) is 15.9 Å². The Morgan fingerprint density at radius 3 is 2.67 bits per heavy atom. The topological polar surface area (TPSA) is 17.1 Å². The van der Waals surface area contributed by atoms with E-state index in [-0.39, 0.29) is 5.56 Å². The van der Waals surface area contributed by atoms with Crippen molar-refractivity contribution < 1.29 is 9.18 Å². The van der Waals surface area contributed by atoms with Crippen LogP contribution in [-0.4, -0.2) is 12.5 Å². The minimum absolute atomic E-state index is 0.130. The zero-order chi connectivity index (χ0) is 9.14. The number of hydrogen-bond acceptors (Lipinski definition) is 2. The first-order valence-corrected chi connectivity index (χ1v) is 4.71. The van der Waals surface area contributed by atoms with Gasteiger partial charge in [-0.3, -0.25) is 4.79 Å². The fourth-order valence-electron chi connectivity index (χ4n) is 1.01. The van der Waals surface area contributed by atoms with E-state index in [4.69, 9.17) is 0 Å². The molecule has 0 heterocycles. The van der Waals surface area contributed by atoms with Gasteiger partial charge in [0.25, 0.3) is 0 Å². The Kier molecular flexibility index (Phi) is 2.87. The molecule has 1 aromatic carbocycles. The highest BCUT2D eigenvalue weighted by Crippen LogP contribution is 2.24. The molecule has 0 spiro atoms. The highest BCUT2D eigenvalue weighted by Gasteiger charge is 2.08. The van der Waals surface area contributed by atoms with Crippen molar-refractivity contribution in [2.24, 2.45) is 0 Å². The standard InChI is InChI=1S/C9H9FOS/c1-6-3-4-7(5-11)8(10)9(6)12-2/h3-5H,1-2H3. The van der Waals surface area contributed by atoms with E-state index in [9.17, 15) is 9.18 Å². The summed E-state index contributed by atoms with van der Waals surface area (Å²) in [5.74, 6) is -0.405. The van der Waals surface area contributed by atoms with Crippen LogP contribution in [-0.2, 0) is 0 Å². The molecule has 0 aliphatic carbocycles. The average molecular weight is 184 g/mol. The molecule has 1 nitrogen and oxygen atoms in total. The van der Waals surface area contributed by atoms with Crippen LogP contribution >= 0.6 is 11.8 Å². The molecule has 0 radical (unpaired) electrons. The van der Waals surface area contributed by atoms with Crippen molar-refractivity contribution in [3.8, 4) is 0 Å². The molecular weight excluding hydrogens is 175 g/mol. The molecule has 0 atom stereocenters. The van der Waals surface area contributed by atoms with E-state index in [1.165, 1.54) is 17.8 Å². The number of hydrogen-bond donors (Lipinski definition) is 0. The molecular formula is C9H9FOS. The summed E-state index contributed by atoms with van der Waals surface area (Å²) in [6.07, 6.45) is 2.33. The van der Waals surface area contributed by atoms with Crippen molar-refractivity contribution in [3.63, 3.8) is 0 Å². The lowest BCUT2D eigenvalue weighted by Gasteiger charge is -2.04. The van der Waals surface area contributed by atoms with E-state index < -0.39 is 5.82 Å². The second-order valence-electron chi connectivity index (χ2n) is 2.44. The Hall–Kier alpha value is -0.830. The highest BCUT2D eigenvalue weighted by atomic mass is 32.2. The van der Waals surface area contributed by atoms with Gasteiger partial charge in [-0.15, -0.1) is 11.8 Å². The molecule has 0 aliphatic heterocycles. The molecule has 0 saturated carbocycles. The van der Waals surface area contributed by atoms with Gasteiger partial charge in [-0.05, 0) is 24.8 Å². The van der Waals surface area contributed by atoms with E-state index in [0.29, 0.717) is 11.2 Å². The van der Waals surface area contributed by atoms with Gasteiger partial charge in [-0.2, -0.15) is 0 Å². The molecule has 64 valence electrons. The number of thioether (sulfide) groups is 1. The molecule has 12 heavy (non-hydrogen) atoms. The fraction of sp³-hybridized carbons (Fsp3) is 0.222. The van der Waals surface area contributed by atoms with E-state index in [0.717, 1.165) is 5.56 Å². The lowest BCUT2D eigenvalue weighted by molar-refractivity contribution is 0.111. The number of carbonyl (C=O) groups is 1. The Morgan fingerprint density at radius 1 is 1.50 bits per heavy atom. The van der Waals surface area contributed by atoms with E-state index in [2.05, 4.69) is 0 Å². The maximum Gasteiger partial charge on any atom is 0.153 e. The van der Waals surface area contributed by atoms with Crippen LogP contribution in [0.5, 0.6) is 0 Å². The minimum Gasteiger partial charge on any atom is -0.298 e. The van der Waals surface area contributed by atoms with Crippen LogP contribution in [0.3, 0.4) is 0 Å². The van der Waals surface area contributed by atoms with Crippen LogP contribution in [0, 0.1) is 12.7 Å². The van der Waals surface area contributed by atoms with Crippen molar-refractivity contribution in [3.05, 3.63) is 29.1 Å². The molecule has 0 fully saturated rings. The van der Waals surface area contributed by atoms with Gasteiger partial charge in [0.1, 0.15) is 5.82 Å². The Morgan fingerprint density at radius 2 is 2.17 bits per heavy atom. The fourth-order valence-corrected chi connectivity index (χ4v) is 1.70. The van der Waals surface area contributed by atoms with Crippen LogP contribution in [0.15, 0.2) is 17.0 Å². The molecule has 3 heteroatoms. The van der Waals surface area contributed by atoms with Gasteiger partial charge in [0, 0.05) is 4.90 Å². The zero-order valence-corrected chi connectivity index (χ0v) is 7.74. The van der Waals surface area contributed by atoms with Crippen molar-refractivity contribution in [1.82, 2.24) is 0 Å². The van der Waals surface area contributed by atoms with Gasteiger partial charge < -0.3 is 0 Å². The van der Waals surface area contributed by atoms with Crippen LogP contribution in [0.2, 0.25) is 0 Å². The average Bonchev–Trinajstić information content (AvgIpc) is 2.06. The molecule has 0 N–H and O–H groups in total. The molecule has 0 amide bonds. The molecule has 0 saturated heterocycles. The summed E-state index contributed by atoms with van der Waals surface area (Å²) in [5, 5.41) is 0. The van der Waals surface area contributed by atoms with E-state index in [1.54, 1.807) is 12.3 Å². The monoisotopic (exact) mass is 184 g/mol. The number of carbonyl (C=O) groups excluding carboxylic acids is 1. The predicted octanol–water partition coefficient (Wildman–Crippen LogP) is 2.67. The lowest BCUT2D eigenvalue weighted by Crippen LogP contribution is -1.92. The first-order valence-electron chi connectivity index (χ1n) is 3.49.